The molecule has 106 valence electrons. The summed E-state index contributed by atoms with van der Waals surface area (Å²) >= 11 is 0. The summed E-state index contributed by atoms with van der Waals surface area (Å²) in [4.78, 5) is 10.4. The monoisotopic (exact) mass is 286 g/mol. The van der Waals surface area contributed by atoms with Gasteiger partial charge in [0, 0.05) is 25.4 Å². The van der Waals surface area contributed by atoms with Crippen LogP contribution < -0.4 is 10.0 Å². The quantitative estimate of drug-likeness (QED) is 0.523. The van der Waals surface area contributed by atoms with Gasteiger partial charge in [-0.3, -0.25) is 4.79 Å². The highest BCUT2D eigenvalue weighted by Gasteiger charge is 2.12. The predicted octanol–water partition coefficient (Wildman–Crippen LogP) is 0.960. The Hall–Kier alpha value is -1.44. The van der Waals surface area contributed by atoms with E-state index in [9.17, 15) is 13.2 Å². The summed E-state index contributed by atoms with van der Waals surface area (Å²) in [6.07, 6.45) is 1.16. The maximum Gasteiger partial charge on any atom is 0.240 e. The lowest BCUT2D eigenvalue weighted by atomic mass is 10.3. The molecule has 1 aromatic carbocycles. The first-order valence-electron chi connectivity index (χ1n) is 5.98. The van der Waals surface area contributed by atoms with Crippen LogP contribution in [-0.4, -0.2) is 34.6 Å². The minimum Gasteiger partial charge on any atom is -0.382 e. The van der Waals surface area contributed by atoms with Gasteiger partial charge in [-0.1, -0.05) is 0 Å². The van der Waals surface area contributed by atoms with Gasteiger partial charge in [0.15, 0.2) is 0 Å². The van der Waals surface area contributed by atoms with E-state index < -0.39 is 10.0 Å². The highest BCUT2D eigenvalue weighted by Crippen LogP contribution is 2.13. The molecule has 0 bridgehead atoms. The van der Waals surface area contributed by atoms with E-state index in [0.717, 1.165) is 0 Å². The molecular formula is C12H18N2O4S. The predicted molar refractivity (Wildman–Crippen MR) is 72.4 cm³/mol. The van der Waals surface area contributed by atoms with Crippen molar-refractivity contribution in [2.75, 3.05) is 25.1 Å². The molecule has 0 aliphatic carbocycles. The van der Waals surface area contributed by atoms with Gasteiger partial charge in [-0.2, -0.15) is 0 Å². The van der Waals surface area contributed by atoms with Gasteiger partial charge in [-0.15, -0.1) is 0 Å². The lowest BCUT2D eigenvalue weighted by Crippen LogP contribution is -2.25. The molecular weight excluding hydrogens is 268 g/mol. The first kappa shape index (κ1) is 15.6. The zero-order chi connectivity index (χ0) is 14.1. The molecule has 2 N–H and O–H groups in total. The second kappa shape index (κ2) is 7.88. The third-order valence-electron chi connectivity index (χ3n) is 2.35. The number of carbonyl (C=O) groups excluding carboxylic acids is 1. The van der Waals surface area contributed by atoms with Gasteiger partial charge in [0.25, 0.3) is 0 Å². The van der Waals surface area contributed by atoms with Gasteiger partial charge in [-0.05, 0) is 37.6 Å². The number of hydrogen-bond donors (Lipinski definition) is 2. The number of carbonyl (C=O) groups is 1. The van der Waals surface area contributed by atoms with Crippen molar-refractivity contribution in [1.82, 2.24) is 4.72 Å². The molecule has 0 heterocycles. The van der Waals surface area contributed by atoms with Crippen LogP contribution in [0, 0.1) is 0 Å². The average Bonchev–Trinajstić information content (AvgIpc) is 2.39. The zero-order valence-corrected chi connectivity index (χ0v) is 11.6. The van der Waals surface area contributed by atoms with Gasteiger partial charge in [0.1, 0.15) is 0 Å². The van der Waals surface area contributed by atoms with Crippen LogP contribution in [0.1, 0.15) is 13.3 Å². The maximum absolute atomic E-state index is 11.9. The number of amides is 1. The molecule has 1 amide bonds. The Kier molecular flexibility index (Phi) is 6.48. The van der Waals surface area contributed by atoms with E-state index in [1.807, 2.05) is 6.92 Å². The largest absolute Gasteiger partial charge is 0.382 e. The minimum atomic E-state index is -3.50. The van der Waals surface area contributed by atoms with Gasteiger partial charge in [0.2, 0.25) is 16.4 Å². The Morgan fingerprint density at radius 1 is 1.26 bits per heavy atom. The summed E-state index contributed by atoms with van der Waals surface area (Å²) < 4.78 is 31.4. The fraction of sp³-hybridized carbons (Fsp3) is 0.417. The lowest BCUT2D eigenvalue weighted by molar-refractivity contribution is -0.105. The molecule has 0 aromatic heterocycles. The molecule has 1 aromatic rings. The molecule has 0 saturated carbocycles. The van der Waals surface area contributed by atoms with E-state index >= 15 is 0 Å². The second-order valence-electron chi connectivity index (χ2n) is 3.73. The first-order valence-corrected chi connectivity index (χ1v) is 7.46. The van der Waals surface area contributed by atoms with Crippen LogP contribution in [-0.2, 0) is 19.6 Å². The van der Waals surface area contributed by atoms with Gasteiger partial charge < -0.3 is 10.1 Å². The Labute approximate surface area is 113 Å². The highest BCUT2D eigenvalue weighted by molar-refractivity contribution is 7.89. The van der Waals surface area contributed by atoms with E-state index in [4.69, 9.17) is 4.74 Å². The SMILES string of the molecule is CCOCCCNS(=O)(=O)c1ccc(NC=O)cc1. The third kappa shape index (κ3) is 5.37. The zero-order valence-electron chi connectivity index (χ0n) is 10.8. The molecule has 7 heteroatoms. The minimum absolute atomic E-state index is 0.167. The van der Waals surface area contributed by atoms with Gasteiger partial charge in [0.05, 0.1) is 4.90 Å². The normalized spacial score (nSPS) is 11.2. The number of benzene rings is 1. The molecule has 0 saturated heterocycles. The molecule has 0 radical (unpaired) electrons. The van der Waals surface area contributed by atoms with Crippen LogP contribution in [0.15, 0.2) is 29.2 Å². The molecule has 0 fully saturated rings. The molecule has 1 rings (SSSR count). The fourth-order valence-corrected chi connectivity index (χ4v) is 2.48. The smallest absolute Gasteiger partial charge is 0.240 e. The standard InChI is InChI=1S/C12H18N2O4S/c1-2-18-9-3-8-14-19(16,17)12-6-4-11(5-7-12)13-10-15/h4-7,10,14H,2-3,8-9H2,1H3,(H,13,15). The Bertz CT molecular complexity index is 485. The van der Waals surface area contributed by atoms with Crippen LogP contribution in [0.2, 0.25) is 0 Å². The number of anilines is 1. The van der Waals surface area contributed by atoms with Crippen molar-refractivity contribution >= 4 is 22.1 Å². The van der Waals surface area contributed by atoms with E-state index in [1.54, 1.807) is 0 Å². The molecule has 0 aliphatic rings. The van der Waals surface area contributed by atoms with Gasteiger partial charge >= 0.3 is 0 Å². The second-order valence-corrected chi connectivity index (χ2v) is 5.50. The summed E-state index contributed by atoms with van der Waals surface area (Å²) in [7, 11) is -3.50. The van der Waals surface area contributed by atoms with Crippen molar-refractivity contribution in [2.24, 2.45) is 0 Å². The summed E-state index contributed by atoms with van der Waals surface area (Å²) in [5.74, 6) is 0. The molecule has 0 spiro atoms. The fourth-order valence-electron chi connectivity index (χ4n) is 1.41. The van der Waals surface area contributed by atoms with E-state index in [1.165, 1.54) is 24.3 Å². The summed E-state index contributed by atoms with van der Waals surface area (Å²) in [6, 6.07) is 5.94. The first-order chi connectivity index (χ1) is 9.10. The van der Waals surface area contributed by atoms with Crippen LogP contribution >= 0.6 is 0 Å². The molecule has 6 nitrogen and oxygen atoms in total. The molecule has 19 heavy (non-hydrogen) atoms. The lowest BCUT2D eigenvalue weighted by Gasteiger charge is -2.07. The van der Waals surface area contributed by atoms with Gasteiger partial charge in [-0.25, -0.2) is 13.1 Å². The number of nitrogens with one attached hydrogen (secondary N) is 2. The number of sulfonamides is 1. The topological polar surface area (TPSA) is 84.5 Å². The molecule has 0 aliphatic heterocycles. The van der Waals surface area contributed by atoms with E-state index in [2.05, 4.69) is 10.0 Å². The van der Waals surface area contributed by atoms with Crippen LogP contribution in [0.5, 0.6) is 0 Å². The highest BCUT2D eigenvalue weighted by atomic mass is 32.2. The Morgan fingerprint density at radius 2 is 1.95 bits per heavy atom. The number of rotatable bonds is 9. The number of ether oxygens (including phenoxy) is 1. The van der Waals surface area contributed by atoms with Crippen LogP contribution in [0.4, 0.5) is 5.69 Å². The van der Waals surface area contributed by atoms with E-state index in [0.29, 0.717) is 38.3 Å². The summed E-state index contributed by atoms with van der Waals surface area (Å²) in [6.45, 7) is 3.37. The van der Waals surface area contributed by atoms with Crippen molar-refractivity contribution in [2.45, 2.75) is 18.2 Å². The van der Waals surface area contributed by atoms with Crippen molar-refractivity contribution in [3.63, 3.8) is 0 Å². The third-order valence-corrected chi connectivity index (χ3v) is 3.83. The summed E-state index contributed by atoms with van der Waals surface area (Å²) in [5, 5.41) is 2.44. The molecule has 0 unspecified atom stereocenters. The van der Waals surface area contributed by atoms with Crippen LogP contribution in [0.3, 0.4) is 0 Å². The molecule has 0 atom stereocenters. The van der Waals surface area contributed by atoms with Crippen molar-refractivity contribution in [3.8, 4) is 0 Å². The average molecular weight is 286 g/mol. The maximum atomic E-state index is 11.9. The van der Waals surface area contributed by atoms with Crippen molar-refractivity contribution < 1.29 is 17.9 Å². The number of hydrogen-bond acceptors (Lipinski definition) is 4. The summed E-state index contributed by atoms with van der Waals surface area (Å²) in [5.41, 5.74) is 0.547. The van der Waals surface area contributed by atoms with Crippen molar-refractivity contribution in [1.29, 1.82) is 0 Å². The van der Waals surface area contributed by atoms with E-state index in [-0.39, 0.29) is 4.90 Å². The van der Waals surface area contributed by atoms with Crippen LogP contribution in [0.25, 0.3) is 0 Å². The Balaban J connectivity index is 2.54. The Morgan fingerprint density at radius 3 is 2.53 bits per heavy atom. The van der Waals surface area contributed by atoms with Crippen molar-refractivity contribution in [3.05, 3.63) is 24.3 Å².